The summed E-state index contributed by atoms with van der Waals surface area (Å²) in [7, 11) is 0. The summed E-state index contributed by atoms with van der Waals surface area (Å²) in [6.45, 7) is 1.12. The summed E-state index contributed by atoms with van der Waals surface area (Å²) in [5, 5.41) is 2.89. The number of aromatic nitrogens is 2. The van der Waals surface area contributed by atoms with E-state index in [-0.39, 0.29) is 17.7 Å². The number of hydrogen-bond acceptors (Lipinski definition) is 4. The van der Waals surface area contributed by atoms with E-state index in [0.29, 0.717) is 32.0 Å². The van der Waals surface area contributed by atoms with Crippen LogP contribution in [0.25, 0.3) is 0 Å². The Bertz CT molecular complexity index is 501. The molecule has 1 aliphatic carbocycles. The van der Waals surface area contributed by atoms with E-state index in [1.165, 1.54) is 0 Å². The average Bonchev–Trinajstić information content (AvgIpc) is 3.23. The topological polar surface area (TPSA) is 75.2 Å². The minimum Gasteiger partial charge on any atom is -0.355 e. The van der Waals surface area contributed by atoms with E-state index in [4.69, 9.17) is 0 Å². The van der Waals surface area contributed by atoms with Gasteiger partial charge < -0.3 is 10.2 Å². The Morgan fingerprint density at radius 2 is 2.25 bits per heavy atom. The fourth-order valence-electron chi connectivity index (χ4n) is 2.56. The third-order valence-electron chi connectivity index (χ3n) is 3.81. The van der Waals surface area contributed by atoms with Gasteiger partial charge in [-0.1, -0.05) is 0 Å². The van der Waals surface area contributed by atoms with Crippen LogP contribution in [0.1, 0.15) is 25.0 Å². The van der Waals surface area contributed by atoms with Gasteiger partial charge in [-0.15, -0.1) is 0 Å². The molecule has 2 heterocycles. The molecule has 1 aliphatic heterocycles. The summed E-state index contributed by atoms with van der Waals surface area (Å²) in [4.78, 5) is 33.8. The zero-order valence-electron chi connectivity index (χ0n) is 11.3. The molecule has 1 saturated heterocycles. The predicted molar refractivity (Wildman–Crippen MR) is 71.6 cm³/mol. The van der Waals surface area contributed by atoms with Crippen molar-refractivity contribution in [3.05, 3.63) is 24.3 Å². The van der Waals surface area contributed by atoms with E-state index in [1.807, 2.05) is 4.90 Å². The van der Waals surface area contributed by atoms with Gasteiger partial charge in [-0.25, -0.2) is 0 Å². The standard InChI is InChI=1S/C14H18N4O2/c19-13-7-10(9-18(13)12-1-2-12)14(20)17-4-3-11-8-15-5-6-16-11/h5-6,8,10,12H,1-4,7,9H2,(H,17,20)/t10-/m1/s1. The van der Waals surface area contributed by atoms with Crippen LogP contribution in [0.3, 0.4) is 0 Å². The van der Waals surface area contributed by atoms with Crippen molar-refractivity contribution in [3.63, 3.8) is 0 Å². The Morgan fingerprint density at radius 1 is 1.40 bits per heavy atom. The maximum atomic E-state index is 12.0. The van der Waals surface area contributed by atoms with Gasteiger partial charge in [0.15, 0.2) is 0 Å². The first-order valence-corrected chi connectivity index (χ1v) is 7.06. The van der Waals surface area contributed by atoms with Crippen molar-refractivity contribution < 1.29 is 9.59 Å². The molecule has 1 aromatic rings. The molecule has 0 radical (unpaired) electrons. The van der Waals surface area contributed by atoms with E-state index in [2.05, 4.69) is 15.3 Å². The minimum atomic E-state index is -0.190. The maximum absolute atomic E-state index is 12.0. The molecule has 2 amide bonds. The third-order valence-corrected chi connectivity index (χ3v) is 3.81. The number of carbonyl (C=O) groups is 2. The van der Waals surface area contributed by atoms with E-state index < -0.39 is 0 Å². The van der Waals surface area contributed by atoms with Crippen molar-refractivity contribution in [2.24, 2.45) is 5.92 Å². The van der Waals surface area contributed by atoms with E-state index in [1.54, 1.807) is 18.6 Å². The fraction of sp³-hybridized carbons (Fsp3) is 0.571. The van der Waals surface area contributed by atoms with Crippen molar-refractivity contribution in [3.8, 4) is 0 Å². The van der Waals surface area contributed by atoms with Gasteiger partial charge in [0.25, 0.3) is 0 Å². The first-order chi connectivity index (χ1) is 9.74. The van der Waals surface area contributed by atoms with E-state index in [9.17, 15) is 9.59 Å². The number of carbonyl (C=O) groups excluding carboxylic acids is 2. The molecular formula is C14H18N4O2. The predicted octanol–water partition coefficient (Wildman–Crippen LogP) is 0.146. The fourth-order valence-corrected chi connectivity index (χ4v) is 2.56. The lowest BCUT2D eigenvalue weighted by molar-refractivity contribution is -0.129. The molecule has 2 aliphatic rings. The van der Waals surface area contributed by atoms with Gasteiger partial charge in [-0.3, -0.25) is 19.6 Å². The normalized spacial score (nSPS) is 22.1. The van der Waals surface area contributed by atoms with Crippen LogP contribution in [0.5, 0.6) is 0 Å². The summed E-state index contributed by atoms with van der Waals surface area (Å²) >= 11 is 0. The van der Waals surface area contributed by atoms with Crippen LogP contribution < -0.4 is 5.32 Å². The van der Waals surface area contributed by atoms with Crippen LogP contribution in [0.2, 0.25) is 0 Å². The molecule has 3 rings (SSSR count). The highest BCUT2D eigenvalue weighted by Gasteiger charge is 2.41. The second-order valence-electron chi connectivity index (χ2n) is 5.42. The zero-order valence-corrected chi connectivity index (χ0v) is 11.3. The van der Waals surface area contributed by atoms with Gasteiger partial charge in [0.1, 0.15) is 0 Å². The lowest BCUT2D eigenvalue weighted by Gasteiger charge is -2.15. The summed E-state index contributed by atoms with van der Waals surface area (Å²) in [5.74, 6) is -0.0862. The molecule has 0 spiro atoms. The molecule has 0 bridgehead atoms. The second kappa shape index (κ2) is 5.56. The number of likely N-dealkylation sites (tertiary alicyclic amines) is 1. The van der Waals surface area contributed by atoms with Gasteiger partial charge in [0.2, 0.25) is 11.8 Å². The summed E-state index contributed by atoms with van der Waals surface area (Å²) in [5.41, 5.74) is 0.856. The van der Waals surface area contributed by atoms with Crippen molar-refractivity contribution >= 4 is 11.8 Å². The minimum absolute atomic E-state index is 0.0228. The number of nitrogens with one attached hydrogen (secondary N) is 1. The molecule has 1 N–H and O–H groups in total. The van der Waals surface area contributed by atoms with Gasteiger partial charge >= 0.3 is 0 Å². The molecule has 106 valence electrons. The highest BCUT2D eigenvalue weighted by molar-refractivity contribution is 5.89. The second-order valence-corrected chi connectivity index (χ2v) is 5.42. The highest BCUT2D eigenvalue weighted by atomic mass is 16.2. The molecule has 6 nitrogen and oxygen atoms in total. The molecule has 6 heteroatoms. The first kappa shape index (κ1) is 13.0. The third kappa shape index (κ3) is 2.95. The Kier molecular flexibility index (Phi) is 3.62. The summed E-state index contributed by atoms with van der Waals surface area (Å²) in [6.07, 6.45) is 8.15. The van der Waals surface area contributed by atoms with Crippen LogP contribution in [0.4, 0.5) is 0 Å². The van der Waals surface area contributed by atoms with Gasteiger partial charge in [0.05, 0.1) is 11.6 Å². The molecule has 0 unspecified atom stereocenters. The number of amides is 2. The van der Waals surface area contributed by atoms with Crippen molar-refractivity contribution in [2.75, 3.05) is 13.1 Å². The number of rotatable bonds is 5. The number of nitrogens with zero attached hydrogens (tertiary/aromatic N) is 3. The summed E-state index contributed by atoms with van der Waals surface area (Å²) in [6, 6.07) is 0.403. The molecule has 20 heavy (non-hydrogen) atoms. The summed E-state index contributed by atoms with van der Waals surface area (Å²) < 4.78 is 0. The molecule has 1 saturated carbocycles. The number of hydrogen-bond donors (Lipinski definition) is 1. The molecule has 2 fully saturated rings. The van der Waals surface area contributed by atoms with Gasteiger partial charge in [-0.05, 0) is 12.8 Å². The quantitative estimate of drug-likeness (QED) is 0.829. The molecule has 0 aromatic carbocycles. The lowest BCUT2D eigenvalue weighted by Crippen LogP contribution is -2.34. The largest absolute Gasteiger partial charge is 0.355 e. The van der Waals surface area contributed by atoms with Crippen molar-refractivity contribution in [1.82, 2.24) is 20.2 Å². The molecule has 1 aromatic heterocycles. The monoisotopic (exact) mass is 274 g/mol. The maximum Gasteiger partial charge on any atom is 0.225 e. The SMILES string of the molecule is O=C(NCCc1cnccn1)[C@@H]1CC(=O)N(C2CC2)C1. The van der Waals surface area contributed by atoms with E-state index in [0.717, 1.165) is 18.5 Å². The van der Waals surface area contributed by atoms with E-state index >= 15 is 0 Å². The van der Waals surface area contributed by atoms with Crippen LogP contribution in [-0.4, -0.2) is 45.8 Å². The smallest absolute Gasteiger partial charge is 0.225 e. The zero-order chi connectivity index (χ0) is 13.9. The Labute approximate surface area is 117 Å². The molecular weight excluding hydrogens is 256 g/mol. The van der Waals surface area contributed by atoms with Crippen LogP contribution >= 0.6 is 0 Å². The molecule has 1 atom stereocenters. The highest BCUT2D eigenvalue weighted by Crippen LogP contribution is 2.32. The Hall–Kier alpha value is -1.98. The van der Waals surface area contributed by atoms with Crippen LogP contribution in [-0.2, 0) is 16.0 Å². The van der Waals surface area contributed by atoms with Gasteiger partial charge in [0, 0.05) is 50.6 Å². The first-order valence-electron chi connectivity index (χ1n) is 7.06. The van der Waals surface area contributed by atoms with Crippen molar-refractivity contribution in [2.45, 2.75) is 31.7 Å². The van der Waals surface area contributed by atoms with Gasteiger partial charge in [-0.2, -0.15) is 0 Å². The lowest BCUT2D eigenvalue weighted by atomic mass is 10.1. The Balaban J connectivity index is 1.44. The average molecular weight is 274 g/mol. The van der Waals surface area contributed by atoms with Crippen molar-refractivity contribution in [1.29, 1.82) is 0 Å². The Morgan fingerprint density at radius 3 is 2.95 bits per heavy atom. The van der Waals surface area contributed by atoms with Crippen LogP contribution in [0, 0.1) is 5.92 Å². The van der Waals surface area contributed by atoms with Crippen LogP contribution in [0.15, 0.2) is 18.6 Å².